The van der Waals surface area contributed by atoms with Gasteiger partial charge in [-0.2, -0.15) is 0 Å². The predicted octanol–water partition coefficient (Wildman–Crippen LogP) is 5.72. The molecule has 0 bridgehead atoms. The SMILES string of the molecule is CC(C)C(C(CC1CC1)OC1CCNCC1)N1CCc2ccc(Oc3ccc(F)cc3F)cc2C1=O. The van der Waals surface area contributed by atoms with Gasteiger partial charge in [0.1, 0.15) is 11.6 Å². The first kappa shape index (κ1) is 25.2. The molecule has 0 aromatic heterocycles. The van der Waals surface area contributed by atoms with Crippen molar-refractivity contribution in [1.82, 2.24) is 10.2 Å². The maximum absolute atomic E-state index is 14.1. The Morgan fingerprint density at radius 1 is 1.06 bits per heavy atom. The van der Waals surface area contributed by atoms with E-state index < -0.39 is 11.6 Å². The lowest BCUT2D eigenvalue weighted by Crippen LogP contribution is -2.54. The zero-order chi connectivity index (χ0) is 25.2. The summed E-state index contributed by atoms with van der Waals surface area (Å²) in [5.41, 5.74) is 1.54. The molecule has 1 saturated carbocycles. The van der Waals surface area contributed by atoms with Crippen LogP contribution in [0.15, 0.2) is 36.4 Å². The molecule has 0 radical (unpaired) electrons. The minimum absolute atomic E-state index is 0.0128. The van der Waals surface area contributed by atoms with Crippen molar-refractivity contribution in [2.24, 2.45) is 11.8 Å². The van der Waals surface area contributed by atoms with E-state index in [9.17, 15) is 13.6 Å². The summed E-state index contributed by atoms with van der Waals surface area (Å²) in [5.74, 6) is -0.256. The number of amides is 1. The molecule has 36 heavy (non-hydrogen) atoms. The minimum Gasteiger partial charge on any atom is -0.454 e. The summed E-state index contributed by atoms with van der Waals surface area (Å²) in [6, 6.07) is 8.48. The number of hydrogen-bond donors (Lipinski definition) is 1. The number of benzene rings is 2. The third-order valence-corrected chi connectivity index (χ3v) is 7.66. The number of carbonyl (C=O) groups is 1. The molecule has 2 aliphatic heterocycles. The smallest absolute Gasteiger partial charge is 0.254 e. The standard InChI is InChI=1S/C29H36F2N2O3/c1-18(2)28(27(15-19-3-4-19)35-22-9-12-32-13-10-22)33-14-11-20-5-7-23(17-24(20)29(33)34)36-26-8-6-21(30)16-25(26)31/h5-8,16-19,22,27-28,32H,3-4,9-15H2,1-2H3. The molecule has 2 atom stereocenters. The molecular formula is C29H36F2N2O3. The van der Waals surface area contributed by atoms with Gasteiger partial charge in [-0.25, -0.2) is 8.78 Å². The molecule has 194 valence electrons. The van der Waals surface area contributed by atoms with Crippen molar-refractivity contribution in [3.8, 4) is 11.5 Å². The molecule has 2 aromatic carbocycles. The van der Waals surface area contributed by atoms with Crippen LogP contribution in [0.5, 0.6) is 11.5 Å². The third kappa shape index (κ3) is 5.73. The molecule has 1 N–H and O–H groups in total. The molecule has 1 aliphatic carbocycles. The summed E-state index contributed by atoms with van der Waals surface area (Å²) in [7, 11) is 0. The van der Waals surface area contributed by atoms with Crippen LogP contribution in [0.4, 0.5) is 8.78 Å². The van der Waals surface area contributed by atoms with Gasteiger partial charge in [-0.15, -0.1) is 0 Å². The predicted molar refractivity (Wildman–Crippen MR) is 134 cm³/mol. The first-order chi connectivity index (χ1) is 17.4. The van der Waals surface area contributed by atoms with Gasteiger partial charge in [-0.05, 0) is 80.4 Å². The highest BCUT2D eigenvalue weighted by Gasteiger charge is 2.40. The van der Waals surface area contributed by atoms with Gasteiger partial charge in [-0.3, -0.25) is 4.79 Å². The average Bonchev–Trinajstić information content (AvgIpc) is 3.67. The Kier molecular flexibility index (Phi) is 7.58. The van der Waals surface area contributed by atoms with Crippen LogP contribution >= 0.6 is 0 Å². The number of nitrogens with one attached hydrogen (secondary N) is 1. The second-order valence-corrected chi connectivity index (χ2v) is 10.8. The highest BCUT2D eigenvalue weighted by molar-refractivity contribution is 5.97. The van der Waals surface area contributed by atoms with Crippen molar-refractivity contribution in [3.05, 3.63) is 59.2 Å². The third-order valence-electron chi connectivity index (χ3n) is 7.66. The van der Waals surface area contributed by atoms with Gasteiger partial charge in [0.15, 0.2) is 11.6 Å². The maximum atomic E-state index is 14.1. The van der Waals surface area contributed by atoms with E-state index in [1.165, 1.54) is 18.9 Å². The largest absolute Gasteiger partial charge is 0.454 e. The second kappa shape index (κ2) is 10.9. The van der Waals surface area contributed by atoms with Crippen LogP contribution in [0.2, 0.25) is 0 Å². The summed E-state index contributed by atoms with van der Waals surface area (Å²) >= 11 is 0. The summed E-state index contributed by atoms with van der Waals surface area (Å²) in [5, 5.41) is 3.40. The number of hydrogen-bond acceptors (Lipinski definition) is 4. The highest BCUT2D eigenvalue weighted by atomic mass is 19.1. The van der Waals surface area contributed by atoms with Gasteiger partial charge in [0.2, 0.25) is 0 Å². The Labute approximate surface area is 212 Å². The summed E-state index contributed by atoms with van der Waals surface area (Å²) in [4.78, 5) is 15.9. The summed E-state index contributed by atoms with van der Waals surface area (Å²) in [6.07, 6.45) is 6.48. The zero-order valence-corrected chi connectivity index (χ0v) is 21.1. The highest BCUT2D eigenvalue weighted by Crippen LogP contribution is 2.39. The van der Waals surface area contributed by atoms with Gasteiger partial charge in [0, 0.05) is 18.2 Å². The number of rotatable bonds is 9. The Morgan fingerprint density at radius 3 is 2.53 bits per heavy atom. The average molecular weight is 499 g/mol. The fourth-order valence-corrected chi connectivity index (χ4v) is 5.63. The molecule has 1 saturated heterocycles. The van der Waals surface area contributed by atoms with Crippen LogP contribution in [0, 0.1) is 23.5 Å². The van der Waals surface area contributed by atoms with Gasteiger partial charge in [0.25, 0.3) is 5.91 Å². The number of ether oxygens (including phenoxy) is 2. The van der Waals surface area contributed by atoms with Crippen LogP contribution in [-0.2, 0) is 11.2 Å². The minimum atomic E-state index is -0.779. The molecular weight excluding hydrogens is 462 g/mol. The quantitative estimate of drug-likeness (QED) is 0.481. The second-order valence-electron chi connectivity index (χ2n) is 10.8. The Morgan fingerprint density at radius 2 is 1.83 bits per heavy atom. The van der Waals surface area contributed by atoms with Crippen molar-refractivity contribution < 1.29 is 23.0 Å². The molecule has 5 nitrogen and oxygen atoms in total. The maximum Gasteiger partial charge on any atom is 0.254 e. The van der Waals surface area contributed by atoms with Gasteiger partial charge in [-0.1, -0.05) is 32.8 Å². The zero-order valence-electron chi connectivity index (χ0n) is 21.1. The lowest BCUT2D eigenvalue weighted by Gasteiger charge is -2.43. The van der Waals surface area contributed by atoms with E-state index in [1.807, 2.05) is 11.0 Å². The fourth-order valence-electron chi connectivity index (χ4n) is 5.63. The lowest BCUT2D eigenvalue weighted by atomic mass is 9.89. The van der Waals surface area contributed by atoms with E-state index in [-0.39, 0.29) is 35.8 Å². The topological polar surface area (TPSA) is 50.8 Å². The van der Waals surface area contributed by atoms with Crippen molar-refractivity contribution in [1.29, 1.82) is 0 Å². The van der Waals surface area contributed by atoms with Crippen molar-refractivity contribution in [2.45, 2.75) is 70.6 Å². The van der Waals surface area contributed by atoms with E-state index >= 15 is 0 Å². The first-order valence-electron chi connectivity index (χ1n) is 13.3. The number of nitrogens with zero attached hydrogens (tertiary/aromatic N) is 1. The van der Waals surface area contributed by atoms with E-state index in [0.717, 1.165) is 56.5 Å². The van der Waals surface area contributed by atoms with Crippen LogP contribution in [0.3, 0.4) is 0 Å². The van der Waals surface area contributed by atoms with Gasteiger partial charge < -0.3 is 19.7 Å². The molecule has 5 rings (SSSR count). The van der Waals surface area contributed by atoms with E-state index in [4.69, 9.17) is 9.47 Å². The molecule has 3 aliphatic rings. The van der Waals surface area contributed by atoms with Crippen LogP contribution in [0.1, 0.15) is 61.9 Å². The number of carbonyl (C=O) groups excluding carboxylic acids is 1. The molecule has 2 unspecified atom stereocenters. The lowest BCUT2D eigenvalue weighted by molar-refractivity contribution is -0.0792. The van der Waals surface area contributed by atoms with Crippen LogP contribution < -0.4 is 10.1 Å². The molecule has 2 aromatic rings. The molecule has 7 heteroatoms. The summed E-state index contributed by atoms with van der Waals surface area (Å²) in [6.45, 7) is 6.95. The molecule has 2 heterocycles. The first-order valence-corrected chi connectivity index (χ1v) is 13.3. The van der Waals surface area contributed by atoms with Crippen molar-refractivity contribution in [2.75, 3.05) is 19.6 Å². The van der Waals surface area contributed by atoms with Gasteiger partial charge in [0.05, 0.1) is 18.2 Å². The fraction of sp³-hybridized carbons (Fsp3) is 0.552. The van der Waals surface area contributed by atoms with Crippen LogP contribution in [-0.4, -0.2) is 48.7 Å². The van der Waals surface area contributed by atoms with E-state index in [2.05, 4.69) is 19.2 Å². The van der Waals surface area contributed by atoms with Crippen molar-refractivity contribution >= 4 is 5.91 Å². The Bertz CT molecular complexity index is 1080. The Balaban J connectivity index is 1.38. The monoisotopic (exact) mass is 498 g/mol. The van der Waals surface area contributed by atoms with Gasteiger partial charge >= 0.3 is 0 Å². The molecule has 1 amide bonds. The number of piperidine rings is 1. The Hall–Kier alpha value is -2.51. The van der Waals surface area contributed by atoms with E-state index in [1.54, 1.807) is 12.1 Å². The molecule has 2 fully saturated rings. The van der Waals surface area contributed by atoms with Crippen LogP contribution in [0.25, 0.3) is 0 Å². The number of fused-ring (bicyclic) bond motifs is 1. The summed E-state index contributed by atoms with van der Waals surface area (Å²) < 4.78 is 39.9. The normalized spacial score (nSPS) is 20.4. The van der Waals surface area contributed by atoms with E-state index in [0.29, 0.717) is 23.8 Å². The molecule has 0 spiro atoms. The van der Waals surface area contributed by atoms with Crippen molar-refractivity contribution in [3.63, 3.8) is 0 Å². The number of halogens is 2.